The van der Waals surface area contributed by atoms with Gasteiger partial charge < -0.3 is 15.5 Å². The van der Waals surface area contributed by atoms with Crippen LogP contribution in [-0.4, -0.2) is 53.8 Å². The lowest BCUT2D eigenvalue weighted by Crippen LogP contribution is -2.58. The van der Waals surface area contributed by atoms with Crippen LogP contribution in [0.25, 0.3) is 11.3 Å². The van der Waals surface area contributed by atoms with E-state index in [0.717, 1.165) is 5.56 Å². The highest BCUT2D eigenvalue weighted by molar-refractivity contribution is 6.30. The lowest BCUT2D eigenvalue weighted by Gasteiger charge is -2.34. The summed E-state index contributed by atoms with van der Waals surface area (Å²) in [5.41, 5.74) is 1.88. The third-order valence-corrected chi connectivity index (χ3v) is 4.61. The van der Waals surface area contributed by atoms with Gasteiger partial charge in [-0.05, 0) is 24.3 Å². The molecule has 0 saturated carbocycles. The number of pyridine rings is 1. The van der Waals surface area contributed by atoms with Crippen LogP contribution < -0.4 is 10.6 Å². The average Bonchev–Trinajstić information content (AvgIpc) is 2.69. The Morgan fingerprint density at radius 2 is 2.15 bits per heavy atom. The van der Waals surface area contributed by atoms with E-state index in [4.69, 9.17) is 11.6 Å². The van der Waals surface area contributed by atoms with E-state index in [2.05, 4.69) is 15.6 Å². The van der Waals surface area contributed by atoms with Crippen LogP contribution in [0.4, 0.5) is 0 Å². The summed E-state index contributed by atoms with van der Waals surface area (Å²) in [5, 5.41) is 5.73. The number of nitrogens with zero attached hydrogens (tertiary/aromatic N) is 2. The van der Waals surface area contributed by atoms with Crippen LogP contribution in [0.5, 0.6) is 0 Å². The number of amides is 3. The van der Waals surface area contributed by atoms with Crippen LogP contribution in [0.15, 0.2) is 42.6 Å². The molecule has 0 spiro atoms. The van der Waals surface area contributed by atoms with Gasteiger partial charge in [-0.1, -0.05) is 23.7 Å². The molecule has 1 saturated heterocycles. The summed E-state index contributed by atoms with van der Waals surface area (Å²) in [7, 11) is 1.50. The summed E-state index contributed by atoms with van der Waals surface area (Å²) >= 11 is 5.87. The van der Waals surface area contributed by atoms with Crippen LogP contribution >= 0.6 is 11.6 Å². The maximum absolute atomic E-state index is 13.0. The zero-order chi connectivity index (χ0) is 19.4. The van der Waals surface area contributed by atoms with Gasteiger partial charge in [0.05, 0.1) is 17.1 Å². The van der Waals surface area contributed by atoms with Crippen molar-refractivity contribution in [2.75, 3.05) is 20.1 Å². The van der Waals surface area contributed by atoms with E-state index in [-0.39, 0.29) is 24.1 Å². The molecule has 7 nitrogen and oxygen atoms in total. The lowest BCUT2D eigenvalue weighted by atomic mass is 10.0. The van der Waals surface area contributed by atoms with Gasteiger partial charge in [0.25, 0.3) is 5.91 Å². The Morgan fingerprint density at radius 3 is 2.85 bits per heavy atom. The number of carbonyl (C=O) groups is 3. The van der Waals surface area contributed by atoms with E-state index in [1.165, 1.54) is 11.9 Å². The molecule has 1 aromatic heterocycles. The molecule has 0 aliphatic carbocycles. The number of hydrogen-bond acceptors (Lipinski definition) is 4. The van der Waals surface area contributed by atoms with Crippen LogP contribution in [-0.2, 0) is 9.59 Å². The van der Waals surface area contributed by atoms with Gasteiger partial charge in [-0.2, -0.15) is 0 Å². The van der Waals surface area contributed by atoms with Gasteiger partial charge >= 0.3 is 0 Å². The van der Waals surface area contributed by atoms with Gasteiger partial charge in [0.2, 0.25) is 11.8 Å². The van der Waals surface area contributed by atoms with Gasteiger partial charge in [0.1, 0.15) is 6.04 Å². The van der Waals surface area contributed by atoms with Crippen LogP contribution in [0.3, 0.4) is 0 Å². The number of rotatable bonds is 4. The summed E-state index contributed by atoms with van der Waals surface area (Å²) in [5.74, 6) is -0.919. The topological polar surface area (TPSA) is 91.4 Å². The molecule has 1 aliphatic heterocycles. The fraction of sp³-hybridized carbons (Fsp3) is 0.263. The highest BCUT2D eigenvalue weighted by Gasteiger charge is 2.34. The third kappa shape index (κ3) is 4.25. The van der Waals surface area contributed by atoms with Gasteiger partial charge in [-0.25, -0.2) is 0 Å². The fourth-order valence-electron chi connectivity index (χ4n) is 2.96. The standard InChI is InChI=1S/C19H19ClN4O3/c1-21-17(25)10-16-18(26)22-7-8-24(16)19(27)13-4-2-3-12(9-13)15-6-5-14(20)11-23-15/h2-6,9,11,16H,7-8,10H2,1H3,(H,21,25)(H,22,26). The van der Waals surface area contributed by atoms with Crippen molar-refractivity contribution in [2.24, 2.45) is 0 Å². The van der Waals surface area contributed by atoms with Crippen LogP contribution in [0, 0.1) is 0 Å². The first-order valence-corrected chi connectivity index (χ1v) is 8.88. The fourth-order valence-corrected chi connectivity index (χ4v) is 3.07. The number of piperazine rings is 1. The SMILES string of the molecule is CNC(=O)CC1C(=O)NCCN1C(=O)c1cccc(-c2ccc(Cl)cn2)c1. The highest BCUT2D eigenvalue weighted by atomic mass is 35.5. The van der Waals surface area contributed by atoms with Crippen molar-refractivity contribution >= 4 is 29.3 Å². The van der Waals surface area contributed by atoms with Crippen LogP contribution in [0.1, 0.15) is 16.8 Å². The average molecular weight is 387 g/mol. The highest BCUT2D eigenvalue weighted by Crippen LogP contribution is 2.22. The molecule has 2 N–H and O–H groups in total. The second kappa shape index (κ2) is 8.18. The zero-order valence-corrected chi connectivity index (χ0v) is 15.5. The number of benzene rings is 1. The Kier molecular flexibility index (Phi) is 5.71. The molecule has 1 aliphatic rings. The molecule has 1 fully saturated rings. The van der Waals surface area contributed by atoms with E-state index >= 15 is 0 Å². The number of halogens is 1. The Hall–Kier alpha value is -2.93. The van der Waals surface area contributed by atoms with Crippen molar-refractivity contribution in [2.45, 2.75) is 12.5 Å². The molecule has 1 aromatic carbocycles. The molecule has 1 atom stereocenters. The molecule has 27 heavy (non-hydrogen) atoms. The number of nitrogens with one attached hydrogen (secondary N) is 2. The minimum Gasteiger partial charge on any atom is -0.359 e. The summed E-state index contributed by atoms with van der Waals surface area (Å²) in [4.78, 5) is 42.7. The van der Waals surface area contributed by atoms with E-state index in [0.29, 0.717) is 29.4 Å². The van der Waals surface area contributed by atoms with Crippen molar-refractivity contribution in [1.82, 2.24) is 20.5 Å². The van der Waals surface area contributed by atoms with Crippen molar-refractivity contribution in [3.8, 4) is 11.3 Å². The largest absolute Gasteiger partial charge is 0.359 e. The lowest BCUT2D eigenvalue weighted by molar-refractivity contribution is -0.132. The molecule has 8 heteroatoms. The number of hydrogen-bond donors (Lipinski definition) is 2. The maximum Gasteiger partial charge on any atom is 0.254 e. The first kappa shape index (κ1) is 18.8. The predicted octanol–water partition coefficient (Wildman–Crippen LogP) is 1.48. The van der Waals surface area contributed by atoms with Crippen molar-refractivity contribution in [3.05, 3.63) is 53.2 Å². The summed E-state index contributed by atoms with van der Waals surface area (Å²) in [6.45, 7) is 0.697. The first-order chi connectivity index (χ1) is 13.0. The molecule has 3 rings (SSSR count). The quantitative estimate of drug-likeness (QED) is 0.832. The molecule has 3 amide bonds. The Labute approximate surface area is 161 Å². The number of aromatic nitrogens is 1. The molecule has 0 bridgehead atoms. The third-order valence-electron chi connectivity index (χ3n) is 4.38. The molecule has 2 heterocycles. The van der Waals surface area contributed by atoms with E-state index in [1.807, 2.05) is 6.07 Å². The Morgan fingerprint density at radius 1 is 1.33 bits per heavy atom. The summed E-state index contributed by atoms with van der Waals surface area (Å²) < 4.78 is 0. The molecular formula is C19H19ClN4O3. The van der Waals surface area contributed by atoms with Gasteiger partial charge in [0.15, 0.2) is 0 Å². The molecule has 1 unspecified atom stereocenters. The first-order valence-electron chi connectivity index (χ1n) is 8.51. The Bertz CT molecular complexity index is 870. The molecular weight excluding hydrogens is 368 g/mol. The minimum absolute atomic E-state index is 0.0769. The van der Waals surface area contributed by atoms with Crippen molar-refractivity contribution in [3.63, 3.8) is 0 Å². The molecule has 2 aromatic rings. The maximum atomic E-state index is 13.0. The van der Waals surface area contributed by atoms with Gasteiger partial charge in [0, 0.05) is 37.5 Å². The molecule has 0 radical (unpaired) electrons. The van der Waals surface area contributed by atoms with Gasteiger partial charge in [-0.3, -0.25) is 19.4 Å². The smallest absolute Gasteiger partial charge is 0.254 e. The van der Waals surface area contributed by atoms with Crippen LogP contribution in [0.2, 0.25) is 5.02 Å². The zero-order valence-electron chi connectivity index (χ0n) is 14.7. The Balaban J connectivity index is 1.87. The van der Waals surface area contributed by atoms with E-state index in [1.54, 1.807) is 36.5 Å². The van der Waals surface area contributed by atoms with Crippen molar-refractivity contribution in [1.29, 1.82) is 0 Å². The second-order valence-electron chi connectivity index (χ2n) is 6.13. The normalized spacial score (nSPS) is 16.6. The monoisotopic (exact) mass is 386 g/mol. The van der Waals surface area contributed by atoms with Crippen molar-refractivity contribution < 1.29 is 14.4 Å². The second-order valence-corrected chi connectivity index (χ2v) is 6.56. The minimum atomic E-state index is -0.830. The van der Waals surface area contributed by atoms with E-state index in [9.17, 15) is 14.4 Å². The predicted molar refractivity (Wildman–Crippen MR) is 101 cm³/mol. The van der Waals surface area contributed by atoms with E-state index < -0.39 is 6.04 Å². The number of carbonyl (C=O) groups excluding carboxylic acids is 3. The molecule has 140 valence electrons. The summed E-state index contributed by atoms with van der Waals surface area (Å²) in [6, 6.07) is 9.69. The van der Waals surface area contributed by atoms with Gasteiger partial charge in [-0.15, -0.1) is 0 Å². The summed E-state index contributed by atoms with van der Waals surface area (Å²) in [6.07, 6.45) is 1.46.